The Labute approximate surface area is 183 Å². The summed E-state index contributed by atoms with van der Waals surface area (Å²) in [6.07, 6.45) is 6.03. The zero-order valence-electron chi connectivity index (χ0n) is 16.7. The topological polar surface area (TPSA) is 105 Å². The Morgan fingerprint density at radius 3 is 2.61 bits per heavy atom. The van der Waals surface area contributed by atoms with Gasteiger partial charge in [0, 0.05) is 47.7 Å². The van der Waals surface area contributed by atoms with Crippen LogP contribution in [0.25, 0.3) is 32.9 Å². The number of anilines is 1. The predicted octanol–water partition coefficient (Wildman–Crippen LogP) is 4.13. The van der Waals surface area contributed by atoms with Crippen LogP contribution in [0.2, 0.25) is 0 Å². The number of nitrogens with zero attached hydrogens (tertiary/aromatic N) is 4. The quantitative estimate of drug-likeness (QED) is 0.361. The SMILES string of the molecule is NC(CNc1nc(-c2ccncc2)nc2c(-c3ccn[nH]3)csc12)Cc1ccccc1. The summed E-state index contributed by atoms with van der Waals surface area (Å²) in [4.78, 5) is 13.8. The third kappa shape index (κ3) is 4.16. The molecule has 0 aliphatic heterocycles. The Morgan fingerprint density at radius 1 is 1.00 bits per heavy atom. The number of aromatic nitrogens is 5. The highest BCUT2D eigenvalue weighted by atomic mass is 32.1. The van der Waals surface area contributed by atoms with Crippen molar-refractivity contribution in [3.8, 4) is 22.6 Å². The van der Waals surface area contributed by atoms with Gasteiger partial charge in [0.1, 0.15) is 5.82 Å². The largest absolute Gasteiger partial charge is 0.367 e. The molecule has 0 fully saturated rings. The molecule has 4 heterocycles. The van der Waals surface area contributed by atoms with E-state index in [4.69, 9.17) is 15.7 Å². The molecule has 1 unspecified atom stereocenters. The van der Waals surface area contributed by atoms with Crippen LogP contribution in [0.5, 0.6) is 0 Å². The van der Waals surface area contributed by atoms with Crippen molar-refractivity contribution < 1.29 is 0 Å². The lowest BCUT2D eigenvalue weighted by molar-refractivity contribution is 0.698. The highest BCUT2D eigenvalue weighted by Crippen LogP contribution is 2.36. The van der Waals surface area contributed by atoms with E-state index in [-0.39, 0.29) is 6.04 Å². The molecular formula is C23H21N7S. The predicted molar refractivity (Wildman–Crippen MR) is 125 cm³/mol. The summed E-state index contributed by atoms with van der Waals surface area (Å²) < 4.78 is 0.995. The highest BCUT2D eigenvalue weighted by molar-refractivity contribution is 7.18. The van der Waals surface area contributed by atoms with Crippen LogP contribution in [-0.2, 0) is 6.42 Å². The van der Waals surface area contributed by atoms with E-state index in [0.29, 0.717) is 12.4 Å². The van der Waals surface area contributed by atoms with E-state index >= 15 is 0 Å². The molecule has 4 aromatic heterocycles. The molecule has 0 bridgehead atoms. The van der Waals surface area contributed by atoms with Crippen molar-refractivity contribution in [2.45, 2.75) is 12.5 Å². The number of fused-ring (bicyclic) bond motifs is 1. The van der Waals surface area contributed by atoms with Crippen LogP contribution in [0.15, 0.2) is 72.5 Å². The normalized spacial score (nSPS) is 12.2. The zero-order valence-corrected chi connectivity index (χ0v) is 17.5. The first-order chi connectivity index (χ1) is 15.3. The second-order valence-electron chi connectivity index (χ2n) is 7.26. The van der Waals surface area contributed by atoms with E-state index in [1.165, 1.54) is 5.56 Å². The maximum Gasteiger partial charge on any atom is 0.162 e. The second-order valence-corrected chi connectivity index (χ2v) is 8.14. The smallest absolute Gasteiger partial charge is 0.162 e. The van der Waals surface area contributed by atoms with Crippen LogP contribution in [0.3, 0.4) is 0 Å². The van der Waals surface area contributed by atoms with Crippen molar-refractivity contribution in [3.63, 3.8) is 0 Å². The van der Waals surface area contributed by atoms with Gasteiger partial charge in [-0.05, 0) is 30.2 Å². The van der Waals surface area contributed by atoms with E-state index in [2.05, 4.69) is 38.0 Å². The van der Waals surface area contributed by atoms with Crippen molar-refractivity contribution in [1.29, 1.82) is 0 Å². The fraction of sp³-hybridized carbons (Fsp3) is 0.130. The van der Waals surface area contributed by atoms with Crippen LogP contribution in [0, 0.1) is 0 Å². The molecule has 0 radical (unpaired) electrons. The van der Waals surface area contributed by atoms with E-state index in [1.54, 1.807) is 29.9 Å². The number of aromatic amines is 1. The molecule has 0 aliphatic rings. The number of nitrogens with one attached hydrogen (secondary N) is 2. The average molecular weight is 428 g/mol. The lowest BCUT2D eigenvalue weighted by Gasteiger charge is -2.14. The first-order valence-electron chi connectivity index (χ1n) is 10.0. The lowest BCUT2D eigenvalue weighted by Crippen LogP contribution is -2.31. The molecule has 1 atom stereocenters. The molecule has 0 aliphatic carbocycles. The minimum absolute atomic E-state index is 0.0381. The van der Waals surface area contributed by atoms with E-state index in [0.717, 1.165) is 39.3 Å². The monoisotopic (exact) mass is 427 g/mol. The molecule has 31 heavy (non-hydrogen) atoms. The maximum atomic E-state index is 6.41. The van der Waals surface area contributed by atoms with Crippen molar-refractivity contribution in [1.82, 2.24) is 25.1 Å². The van der Waals surface area contributed by atoms with Crippen LogP contribution < -0.4 is 11.1 Å². The number of H-pyrrole nitrogens is 1. The Hall–Kier alpha value is -3.62. The molecule has 4 N–H and O–H groups in total. The number of rotatable bonds is 7. The molecule has 0 amide bonds. The fourth-order valence-corrected chi connectivity index (χ4v) is 4.45. The number of thiophene rings is 1. The van der Waals surface area contributed by atoms with Gasteiger partial charge >= 0.3 is 0 Å². The van der Waals surface area contributed by atoms with Crippen LogP contribution >= 0.6 is 11.3 Å². The van der Waals surface area contributed by atoms with Crippen LogP contribution in [-0.4, -0.2) is 37.7 Å². The van der Waals surface area contributed by atoms with Gasteiger partial charge in [-0.1, -0.05) is 30.3 Å². The summed E-state index contributed by atoms with van der Waals surface area (Å²) in [6.45, 7) is 0.605. The summed E-state index contributed by atoms with van der Waals surface area (Å²) in [7, 11) is 0. The van der Waals surface area contributed by atoms with Gasteiger partial charge in [0.15, 0.2) is 5.82 Å². The molecule has 0 spiro atoms. The first kappa shape index (κ1) is 19.3. The van der Waals surface area contributed by atoms with Crippen molar-refractivity contribution in [3.05, 3.63) is 78.1 Å². The summed E-state index contributed by atoms with van der Waals surface area (Å²) in [5.74, 6) is 1.43. The molecule has 0 saturated heterocycles. The highest BCUT2D eigenvalue weighted by Gasteiger charge is 2.17. The van der Waals surface area contributed by atoms with E-state index < -0.39 is 0 Å². The standard InChI is InChI=1S/C23H21N7S/c24-17(12-15-4-2-1-3-5-15)13-26-23-21-20(18(14-31-21)19-8-11-27-30-19)28-22(29-23)16-6-9-25-10-7-16/h1-11,14,17H,12-13,24H2,(H,27,30)(H,26,28,29). The number of benzene rings is 1. The van der Waals surface area contributed by atoms with E-state index in [9.17, 15) is 0 Å². The van der Waals surface area contributed by atoms with Gasteiger partial charge in [-0.3, -0.25) is 10.1 Å². The summed E-state index contributed by atoms with van der Waals surface area (Å²) >= 11 is 1.61. The van der Waals surface area contributed by atoms with Crippen LogP contribution in [0.4, 0.5) is 5.82 Å². The number of pyridine rings is 1. The average Bonchev–Trinajstić information content (AvgIpc) is 3.48. The van der Waals surface area contributed by atoms with Gasteiger partial charge < -0.3 is 11.1 Å². The van der Waals surface area contributed by atoms with Gasteiger partial charge in [-0.15, -0.1) is 11.3 Å². The Kier molecular flexibility index (Phi) is 5.39. The lowest BCUT2D eigenvalue weighted by atomic mass is 10.1. The third-order valence-corrected chi connectivity index (χ3v) is 5.99. The minimum atomic E-state index is -0.0381. The van der Waals surface area contributed by atoms with Gasteiger partial charge in [-0.25, -0.2) is 9.97 Å². The second kappa shape index (κ2) is 8.63. The number of hydrogen-bond acceptors (Lipinski definition) is 7. The van der Waals surface area contributed by atoms with Gasteiger partial charge in [-0.2, -0.15) is 5.10 Å². The summed E-state index contributed by atoms with van der Waals surface area (Å²) in [6, 6.07) is 16.0. The Balaban J connectivity index is 1.49. The molecule has 1 aromatic carbocycles. The first-order valence-corrected chi connectivity index (χ1v) is 10.9. The molecule has 0 saturated carbocycles. The third-order valence-electron chi connectivity index (χ3n) is 5.02. The Morgan fingerprint density at radius 2 is 1.84 bits per heavy atom. The van der Waals surface area contributed by atoms with Gasteiger partial charge in [0.25, 0.3) is 0 Å². The van der Waals surface area contributed by atoms with E-state index in [1.807, 2.05) is 36.4 Å². The van der Waals surface area contributed by atoms with Crippen LogP contribution in [0.1, 0.15) is 5.56 Å². The van der Waals surface area contributed by atoms with Crippen molar-refractivity contribution in [2.75, 3.05) is 11.9 Å². The van der Waals surface area contributed by atoms with Crippen molar-refractivity contribution in [2.24, 2.45) is 5.73 Å². The molecule has 5 rings (SSSR count). The summed E-state index contributed by atoms with van der Waals surface area (Å²) in [5, 5.41) is 12.7. The van der Waals surface area contributed by atoms with Crippen molar-refractivity contribution >= 4 is 27.4 Å². The Bertz CT molecular complexity index is 1270. The zero-order chi connectivity index (χ0) is 21.0. The molecule has 154 valence electrons. The molecule has 5 aromatic rings. The number of hydrogen-bond donors (Lipinski definition) is 3. The minimum Gasteiger partial charge on any atom is -0.367 e. The van der Waals surface area contributed by atoms with Gasteiger partial charge in [0.2, 0.25) is 0 Å². The molecule has 8 heteroatoms. The molecular weight excluding hydrogens is 406 g/mol. The maximum absolute atomic E-state index is 6.41. The fourth-order valence-electron chi connectivity index (χ4n) is 3.48. The molecule has 7 nitrogen and oxygen atoms in total. The van der Waals surface area contributed by atoms with Gasteiger partial charge in [0.05, 0.1) is 15.9 Å². The number of nitrogens with two attached hydrogens (primary N) is 1. The summed E-state index contributed by atoms with van der Waals surface area (Å²) in [5.41, 5.74) is 11.4.